The summed E-state index contributed by atoms with van der Waals surface area (Å²) in [6.45, 7) is 3.52. The summed E-state index contributed by atoms with van der Waals surface area (Å²) in [7, 11) is 1.54. The van der Waals surface area contributed by atoms with E-state index >= 15 is 0 Å². The molecule has 1 aromatic carbocycles. The molecule has 2 amide bonds. The molecule has 2 aromatic heterocycles. The second-order valence-electron chi connectivity index (χ2n) is 8.40. The number of para-hydroxylation sites is 2. The average Bonchev–Trinajstić information content (AvgIpc) is 3.60. The zero-order valence-corrected chi connectivity index (χ0v) is 19.7. The Balaban J connectivity index is 1.61. The Kier molecular flexibility index (Phi) is 7.24. The number of ether oxygens (including phenoxy) is 1. The molecule has 1 aliphatic carbocycles. The second kappa shape index (κ2) is 10.5. The molecule has 10 heteroatoms. The number of methoxy groups -OCH3 is 1. The third kappa shape index (κ3) is 5.11. The Morgan fingerprint density at radius 3 is 2.68 bits per heavy atom. The highest BCUT2D eigenvalue weighted by atomic mass is 16.5. The number of amides is 2. The van der Waals surface area contributed by atoms with Gasteiger partial charge in [0, 0.05) is 6.04 Å². The fourth-order valence-electron chi connectivity index (χ4n) is 4.32. The van der Waals surface area contributed by atoms with Crippen LogP contribution in [0.1, 0.15) is 44.8 Å². The number of hydrogen-bond donors (Lipinski definition) is 1. The summed E-state index contributed by atoms with van der Waals surface area (Å²) >= 11 is 0. The minimum absolute atomic E-state index is 0.146. The van der Waals surface area contributed by atoms with E-state index in [0.29, 0.717) is 23.6 Å². The number of aromatic nitrogens is 4. The molecule has 10 nitrogen and oxygen atoms in total. The van der Waals surface area contributed by atoms with Crippen LogP contribution in [0.5, 0.6) is 5.75 Å². The summed E-state index contributed by atoms with van der Waals surface area (Å²) in [5.41, 5.74) is 0.519. The Labute approximate surface area is 198 Å². The van der Waals surface area contributed by atoms with Crippen LogP contribution in [0.25, 0.3) is 11.6 Å². The first-order valence-electron chi connectivity index (χ1n) is 11.6. The highest BCUT2D eigenvalue weighted by Crippen LogP contribution is 2.31. The molecule has 180 valence electrons. The van der Waals surface area contributed by atoms with Crippen LogP contribution in [0.2, 0.25) is 0 Å². The molecule has 0 spiro atoms. The van der Waals surface area contributed by atoms with Crippen LogP contribution < -0.4 is 15.0 Å². The van der Waals surface area contributed by atoms with Crippen molar-refractivity contribution < 1.29 is 18.7 Å². The number of carbonyl (C=O) groups excluding carboxylic acids is 2. The number of anilines is 1. The van der Waals surface area contributed by atoms with E-state index in [9.17, 15) is 9.59 Å². The van der Waals surface area contributed by atoms with Crippen LogP contribution in [-0.2, 0) is 16.1 Å². The molecule has 0 bridgehead atoms. The van der Waals surface area contributed by atoms with Crippen molar-refractivity contribution in [2.24, 2.45) is 0 Å². The average molecular weight is 467 g/mol. The van der Waals surface area contributed by atoms with E-state index in [0.717, 1.165) is 31.4 Å². The SMILES string of the molecule is CC[C@@H](C(=O)NC1CCCC1)N(C(=O)Cn1nnc(-c2ccc(C)o2)n1)c1ccccc1OC. The number of nitrogens with one attached hydrogen (secondary N) is 1. The van der Waals surface area contributed by atoms with E-state index in [2.05, 4.69) is 20.7 Å². The van der Waals surface area contributed by atoms with Gasteiger partial charge >= 0.3 is 0 Å². The standard InChI is InChI=1S/C24H30N6O4/c1-4-18(24(32)25-17-9-5-6-10-17)30(19-11-7-8-12-20(19)33-3)22(31)15-29-27-23(26-28-29)21-14-13-16(2)34-21/h7-8,11-14,17-18H,4-6,9-10,15H2,1-3H3,(H,25,32)/t18-/m0/s1. The van der Waals surface area contributed by atoms with Gasteiger partial charge in [-0.15, -0.1) is 10.2 Å². The number of rotatable bonds is 9. The zero-order valence-electron chi connectivity index (χ0n) is 19.7. The predicted octanol–water partition coefficient (Wildman–Crippen LogP) is 3.12. The molecular formula is C24H30N6O4. The smallest absolute Gasteiger partial charge is 0.251 e. The highest BCUT2D eigenvalue weighted by Gasteiger charge is 2.33. The van der Waals surface area contributed by atoms with Crippen molar-refractivity contribution in [2.75, 3.05) is 12.0 Å². The van der Waals surface area contributed by atoms with Crippen LogP contribution in [0.3, 0.4) is 0 Å². The number of carbonyl (C=O) groups is 2. The lowest BCUT2D eigenvalue weighted by Crippen LogP contribution is -2.52. The Morgan fingerprint density at radius 2 is 2.00 bits per heavy atom. The molecule has 0 radical (unpaired) electrons. The number of benzene rings is 1. The molecule has 0 aliphatic heterocycles. The van der Waals surface area contributed by atoms with E-state index in [1.54, 1.807) is 24.3 Å². The third-order valence-electron chi connectivity index (χ3n) is 6.01. The minimum Gasteiger partial charge on any atom is -0.495 e. The molecule has 2 heterocycles. The van der Waals surface area contributed by atoms with Crippen LogP contribution >= 0.6 is 0 Å². The zero-order chi connectivity index (χ0) is 24.1. The van der Waals surface area contributed by atoms with Crippen LogP contribution in [-0.4, -0.2) is 51.2 Å². The van der Waals surface area contributed by atoms with E-state index < -0.39 is 6.04 Å². The molecule has 1 N–H and O–H groups in total. The fourth-order valence-corrected chi connectivity index (χ4v) is 4.32. The van der Waals surface area contributed by atoms with Gasteiger partial charge in [-0.05, 0) is 55.7 Å². The second-order valence-corrected chi connectivity index (χ2v) is 8.40. The molecule has 0 saturated heterocycles. The molecule has 4 rings (SSSR count). The highest BCUT2D eigenvalue weighted by molar-refractivity contribution is 6.01. The monoisotopic (exact) mass is 466 g/mol. The van der Waals surface area contributed by atoms with E-state index in [1.165, 1.54) is 16.8 Å². The first-order chi connectivity index (χ1) is 16.5. The van der Waals surface area contributed by atoms with Crippen molar-refractivity contribution in [3.05, 3.63) is 42.2 Å². The lowest BCUT2D eigenvalue weighted by molar-refractivity contribution is -0.127. The molecule has 1 atom stereocenters. The van der Waals surface area contributed by atoms with Gasteiger partial charge < -0.3 is 14.5 Å². The van der Waals surface area contributed by atoms with Crippen LogP contribution in [0.15, 0.2) is 40.8 Å². The van der Waals surface area contributed by atoms with E-state index in [4.69, 9.17) is 9.15 Å². The van der Waals surface area contributed by atoms with Gasteiger partial charge in [-0.2, -0.15) is 4.80 Å². The lowest BCUT2D eigenvalue weighted by atomic mass is 10.1. The summed E-state index contributed by atoms with van der Waals surface area (Å²) in [5.74, 6) is 1.46. The molecule has 3 aromatic rings. The first-order valence-corrected chi connectivity index (χ1v) is 11.6. The number of tetrazole rings is 1. The van der Waals surface area contributed by atoms with Gasteiger partial charge in [0.25, 0.3) is 5.91 Å². The van der Waals surface area contributed by atoms with E-state index in [1.807, 2.05) is 26.0 Å². The summed E-state index contributed by atoms with van der Waals surface area (Å²) < 4.78 is 11.1. The van der Waals surface area contributed by atoms with Crippen molar-refractivity contribution >= 4 is 17.5 Å². The van der Waals surface area contributed by atoms with Crippen molar-refractivity contribution in [1.29, 1.82) is 0 Å². The Bertz CT molecular complexity index is 1130. The quantitative estimate of drug-likeness (QED) is 0.515. The van der Waals surface area contributed by atoms with Crippen molar-refractivity contribution in [3.8, 4) is 17.3 Å². The topological polar surface area (TPSA) is 115 Å². The number of furan rings is 1. The normalized spacial score (nSPS) is 14.7. The van der Waals surface area contributed by atoms with Gasteiger partial charge in [-0.3, -0.25) is 14.5 Å². The minimum atomic E-state index is -0.708. The summed E-state index contributed by atoms with van der Waals surface area (Å²) in [6.07, 6.45) is 4.56. The molecule has 34 heavy (non-hydrogen) atoms. The molecule has 1 fully saturated rings. The van der Waals surface area contributed by atoms with Gasteiger partial charge in [-0.1, -0.05) is 31.9 Å². The van der Waals surface area contributed by atoms with Crippen LogP contribution in [0, 0.1) is 6.92 Å². The number of aryl methyl sites for hydroxylation is 1. The Hall–Kier alpha value is -3.69. The molecule has 1 saturated carbocycles. The fraction of sp³-hybridized carbons (Fsp3) is 0.458. The molecular weight excluding hydrogens is 436 g/mol. The number of nitrogens with zero attached hydrogens (tertiary/aromatic N) is 5. The molecule has 1 aliphatic rings. The lowest BCUT2D eigenvalue weighted by Gasteiger charge is -2.32. The maximum absolute atomic E-state index is 13.6. The maximum Gasteiger partial charge on any atom is 0.251 e. The van der Waals surface area contributed by atoms with E-state index in [-0.39, 0.29) is 30.2 Å². The van der Waals surface area contributed by atoms with Gasteiger partial charge in [-0.25, -0.2) is 0 Å². The summed E-state index contributed by atoms with van der Waals surface area (Å²) in [5, 5.41) is 15.4. The van der Waals surface area contributed by atoms with Gasteiger partial charge in [0.15, 0.2) is 5.76 Å². The summed E-state index contributed by atoms with van der Waals surface area (Å²) in [6, 6.07) is 10.2. The molecule has 0 unspecified atom stereocenters. The first kappa shape index (κ1) is 23.5. The van der Waals surface area contributed by atoms with Crippen molar-refractivity contribution in [1.82, 2.24) is 25.5 Å². The van der Waals surface area contributed by atoms with Gasteiger partial charge in [0.1, 0.15) is 24.1 Å². The maximum atomic E-state index is 13.6. The third-order valence-corrected chi connectivity index (χ3v) is 6.01. The van der Waals surface area contributed by atoms with Gasteiger partial charge in [0.05, 0.1) is 12.8 Å². The predicted molar refractivity (Wildman–Crippen MR) is 125 cm³/mol. The number of hydrogen-bond acceptors (Lipinski definition) is 7. The van der Waals surface area contributed by atoms with Crippen molar-refractivity contribution in [2.45, 2.75) is 64.6 Å². The van der Waals surface area contributed by atoms with Crippen LogP contribution in [0.4, 0.5) is 5.69 Å². The van der Waals surface area contributed by atoms with Gasteiger partial charge in [0.2, 0.25) is 11.7 Å². The van der Waals surface area contributed by atoms with Crippen molar-refractivity contribution in [3.63, 3.8) is 0 Å². The summed E-state index contributed by atoms with van der Waals surface area (Å²) in [4.78, 5) is 29.6. The largest absolute Gasteiger partial charge is 0.495 e. The Morgan fingerprint density at radius 1 is 1.24 bits per heavy atom.